The van der Waals surface area contributed by atoms with E-state index in [2.05, 4.69) is 47.9 Å². The minimum Gasteiger partial charge on any atom is -0.257 e. The first-order valence-corrected chi connectivity index (χ1v) is 3.56. The predicted octanol–water partition coefficient (Wildman–Crippen LogP) is -4.16. The van der Waals surface area contributed by atoms with Gasteiger partial charge in [0.25, 0.3) is 0 Å². The Morgan fingerprint density at radius 2 is 1.18 bits per heavy atom. The molecule has 11 N–H and O–H groups in total. The first-order valence-electron chi connectivity index (χ1n) is 2.48. The second kappa shape index (κ2) is 10.3. The van der Waals surface area contributed by atoms with Gasteiger partial charge in [-0.2, -0.15) is 47.9 Å². The molecule has 11 heteroatoms. The molecule has 0 aliphatic heterocycles. The predicted molar refractivity (Wildman–Crippen MR) is 46.4 cm³/mol. The second-order valence-electron chi connectivity index (χ2n) is 1.11. The molecule has 0 aromatic rings. The monoisotopic (exact) mass is 278 g/mol. The molecule has 11 heavy (non-hydrogen) atoms. The van der Waals surface area contributed by atoms with E-state index in [4.69, 9.17) is 5.84 Å². The highest BCUT2D eigenvalue weighted by Gasteiger charge is 1.77. The molecule has 0 aliphatic rings. The van der Waals surface area contributed by atoms with E-state index in [9.17, 15) is 0 Å². The molecule has 0 radical (unpaired) electrons. The largest absolute Gasteiger partial charge is 0.257 e. The highest BCUT2D eigenvalue weighted by Crippen LogP contribution is 1.51. The number of hydrazine groups is 9. The number of halogens is 1. The fourth-order valence-corrected chi connectivity index (χ4v) is 0.351. The Morgan fingerprint density at radius 1 is 0.727 bits per heavy atom. The lowest BCUT2D eigenvalue weighted by atomic mass is 12.1. The van der Waals surface area contributed by atoms with E-state index < -0.39 is 0 Å². The molecule has 0 atom stereocenters. The molecule has 0 aliphatic carbocycles. The van der Waals surface area contributed by atoms with Crippen molar-refractivity contribution in [3.05, 3.63) is 0 Å². The summed E-state index contributed by atoms with van der Waals surface area (Å²) in [5, 5.41) is 0. The maximum absolute atomic E-state index is 4.84. The number of rotatable bonds is 8. The minimum atomic E-state index is 1.90. The van der Waals surface area contributed by atoms with Gasteiger partial charge in [0.15, 0.2) is 0 Å². The molecule has 0 heterocycles. The molecule has 0 fully saturated rings. The Bertz CT molecular complexity index is 53.9. The van der Waals surface area contributed by atoms with E-state index in [0.29, 0.717) is 0 Å². The summed E-state index contributed by atoms with van der Waals surface area (Å²) in [6.07, 6.45) is 0. The van der Waals surface area contributed by atoms with E-state index in [0.717, 1.165) is 0 Å². The van der Waals surface area contributed by atoms with Crippen LogP contribution in [-0.4, -0.2) is 0 Å². The normalized spacial score (nSPS) is 10.4. The average Bonchev–Trinajstić information content (AvgIpc) is 2.03. The third-order valence-corrected chi connectivity index (χ3v) is 0.764. The summed E-state index contributed by atoms with van der Waals surface area (Å²) in [6.45, 7) is 0. The zero-order chi connectivity index (χ0) is 8.36. The van der Waals surface area contributed by atoms with E-state index in [1.807, 2.05) is 22.9 Å². The summed E-state index contributed by atoms with van der Waals surface area (Å²) >= 11 is 1.90. The molecule has 0 rings (SSSR count). The summed E-state index contributed by atoms with van der Waals surface area (Å²) in [6, 6.07) is 0. The Labute approximate surface area is 77.0 Å². The Balaban J connectivity index is 2.69. The summed E-state index contributed by atoms with van der Waals surface area (Å²) in [5.41, 5.74) is 19.3. The van der Waals surface area contributed by atoms with Crippen molar-refractivity contribution in [2.45, 2.75) is 0 Å². The molecule has 0 unspecified atom stereocenters. The molecule has 10 nitrogen and oxygen atoms in total. The Hall–Kier alpha value is 0.330. The maximum atomic E-state index is 4.84. The fraction of sp³-hybridized carbons (Fsp3) is 0. The van der Waals surface area contributed by atoms with Crippen LogP contribution in [0.4, 0.5) is 0 Å². The van der Waals surface area contributed by atoms with Gasteiger partial charge in [-0.05, 0) is 0 Å². The lowest BCUT2D eigenvalue weighted by Gasteiger charge is -2.10. The molecule has 0 amide bonds. The Kier molecular flexibility index (Phi) is 10.6. The van der Waals surface area contributed by atoms with Crippen molar-refractivity contribution in [2.75, 3.05) is 0 Å². The van der Waals surface area contributed by atoms with E-state index in [1.165, 1.54) is 0 Å². The minimum absolute atomic E-state index is 1.90. The zero-order valence-corrected chi connectivity index (χ0v) is 7.61. The van der Waals surface area contributed by atoms with Gasteiger partial charge in [0, 0.05) is 22.9 Å². The van der Waals surface area contributed by atoms with Crippen LogP contribution in [0.2, 0.25) is 0 Å². The van der Waals surface area contributed by atoms with Crippen LogP contribution in [0.3, 0.4) is 0 Å². The van der Waals surface area contributed by atoms with E-state index in [-0.39, 0.29) is 0 Å². The molecule has 0 saturated heterocycles. The van der Waals surface area contributed by atoms with Gasteiger partial charge in [0.05, 0.1) is 0 Å². The van der Waals surface area contributed by atoms with Crippen LogP contribution in [-0.2, 0) is 0 Å². The topological polar surface area (TPSA) is 134 Å². The van der Waals surface area contributed by atoms with Crippen LogP contribution in [0.1, 0.15) is 0 Å². The highest BCUT2D eigenvalue weighted by molar-refractivity contribution is 14.1. The third kappa shape index (κ3) is 10.3. The summed E-state index contributed by atoms with van der Waals surface area (Å²) in [5.74, 6) is 4.84. The first-order chi connectivity index (χ1) is 5.41. The molecule has 0 aromatic heterocycles. The summed E-state index contributed by atoms with van der Waals surface area (Å²) in [7, 11) is 0. The van der Waals surface area contributed by atoms with Gasteiger partial charge < -0.3 is 0 Å². The number of nitrogens with one attached hydrogen (secondary N) is 9. The molecule has 0 bridgehead atoms. The molecule has 0 aromatic carbocycles. The van der Waals surface area contributed by atoms with Crippen molar-refractivity contribution in [2.24, 2.45) is 5.84 Å². The number of hydrogen-bond donors (Lipinski definition) is 10. The van der Waals surface area contributed by atoms with Gasteiger partial charge in [-0.15, -0.1) is 0 Å². The van der Waals surface area contributed by atoms with Crippen LogP contribution >= 0.6 is 22.9 Å². The van der Waals surface area contributed by atoms with E-state index >= 15 is 0 Å². The van der Waals surface area contributed by atoms with Crippen LogP contribution in [0.15, 0.2) is 0 Å². The van der Waals surface area contributed by atoms with Gasteiger partial charge in [-0.25, -0.2) is 0 Å². The summed E-state index contributed by atoms with van der Waals surface area (Å²) < 4.78 is 2.58. The lowest BCUT2D eigenvalue weighted by molar-refractivity contribution is 0.255. The highest BCUT2D eigenvalue weighted by atomic mass is 127. The number of hydrogen-bond acceptors (Lipinski definition) is 10. The second-order valence-corrected chi connectivity index (χ2v) is 1.65. The smallest absolute Gasteiger partial charge is 0.0347 e. The molecule has 68 valence electrons. The van der Waals surface area contributed by atoms with E-state index in [1.54, 1.807) is 0 Å². The van der Waals surface area contributed by atoms with Crippen LogP contribution in [0, 0.1) is 0 Å². The lowest BCUT2D eigenvalue weighted by Crippen LogP contribution is -2.64. The van der Waals surface area contributed by atoms with Crippen molar-refractivity contribution >= 4 is 22.9 Å². The quantitative estimate of drug-likeness (QED) is 0.0700. The first kappa shape index (κ1) is 11.3. The molecular weight excluding hydrogens is 267 g/mol. The van der Waals surface area contributed by atoms with Crippen molar-refractivity contribution in [1.82, 2.24) is 47.9 Å². The van der Waals surface area contributed by atoms with Gasteiger partial charge in [0.2, 0.25) is 0 Å². The molecule has 0 spiro atoms. The van der Waals surface area contributed by atoms with Crippen LogP contribution in [0.5, 0.6) is 0 Å². The molecule has 0 saturated carbocycles. The Morgan fingerprint density at radius 3 is 1.64 bits per heavy atom. The van der Waals surface area contributed by atoms with Gasteiger partial charge >= 0.3 is 0 Å². The van der Waals surface area contributed by atoms with Crippen molar-refractivity contribution in [3.63, 3.8) is 0 Å². The van der Waals surface area contributed by atoms with Gasteiger partial charge in [0.1, 0.15) is 0 Å². The third-order valence-electron chi connectivity index (χ3n) is 0.494. The van der Waals surface area contributed by atoms with Crippen molar-refractivity contribution in [1.29, 1.82) is 0 Å². The van der Waals surface area contributed by atoms with Gasteiger partial charge in [-0.3, -0.25) is 5.84 Å². The number of nitrogens with two attached hydrogens (primary N) is 1. The SMILES string of the molecule is NNNNNNNNNNI. The molecular formula is H11IN10. The van der Waals surface area contributed by atoms with Crippen LogP contribution < -0.4 is 53.8 Å². The standard InChI is InChI=1S/H11IN10/c1-3-5-7-9-11-10-8-6-4-2/h3-11H,2H2. The van der Waals surface area contributed by atoms with Crippen molar-refractivity contribution in [3.8, 4) is 0 Å². The van der Waals surface area contributed by atoms with Crippen molar-refractivity contribution < 1.29 is 0 Å². The fourth-order valence-electron chi connectivity index (χ4n) is 0.216. The van der Waals surface area contributed by atoms with Gasteiger partial charge in [-0.1, -0.05) is 0 Å². The zero-order valence-electron chi connectivity index (χ0n) is 5.46. The summed E-state index contributed by atoms with van der Waals surface area (Å²) in [4.78, 5) is 0. The maximum Gasteiger partial charge on any atom is 0.0347 e. The average molecular weight is 278 g/mol. The van der Waals surface area contributed by atoms with Crippen LogP contribution in [0.25, 0.3) is 0 Å².